The molecule has 144 valence electrons. The Bertz CT molecular complexity index is 880. The van der Waals surface area contributed by atoms with Gasteiger partial charge in [-0.1, -0.05) is 15.9 Å². The fourth-order valence-corrected chi connectivity index (χ4v) is 4.17. The number of hydrogen-bond donors (Lipinski definition) is 1. The van der Waals surface area contributed by atoms with Gasteiger partial charge in [-0.2, -0.15) is 0 Å². The number of ether oxygens (including phenoxy) is 1. The van der Waals surface area contributed by atoms with E-state index in [1.165, 1.54) is 12.1 Å². The van der Waals surface area contributed by atoms with Crippen molar-refractivity contribution in [2.45, 2.75) is 11.3 Å². The molecule has 9 heteroatoms. The van der Waals surface area contributed by atoms with E-state index >= 15 is 0 Å². The first-order valence-corrected chi connectivity index (χ1v) is 11.0. The quantitative estimate of drug-likeness (QED) is 0.722. The van der Waals surface area contributed by atoms with Gasteiger partial charge in [0.05, 0.1) is 35.7 Å². The zero-order chi connectivity index (χ0) is 19.3. The van der Waals surface area contributed by atoms with E-state index in [2.05, 4.69) is 31.1 Å². The number of halogens is 1. The second-order valence-corrected chi connectivity index (χ2v) is 9.10. The second kappa shape index (κ2) is 8.81. The van der Waals surface area contributed by atoms with Crippen LogP contribution in [0.25, 0.3) is 0 Å². The molecule has 1 aliphatic heterocycles. The highest BCUT2D eigenvalue weighted by atomic mass is 79.9. The summed E-state index contributed by atoms with van der Waals surface area (Å²) in [6.45, 7) is 2.99. The third-order valence-electron chi connectivity index (χ3n) is 4.16. The van der Waals surface area contributed by atoms with Gasteiger partial charge in [0.25, 0.3) is 0 Å². The van der Waals surface area contributed by atoms with Gasteiger partial charge in [-0.25, -0.2) is 13.4 Å². The average Bonchev–Trinajstić information content (AvgIpc) is 2.68. The van der Waals surface area contributed by atoms with E-state index in [-0.39, 0.29) is 23.0 Å². The smallest absolute Gasteiger partial charge is 0.226 e. The molecule has 27 heavy (non-hydrogen) atoms. The number of hydrogen-bond acceptors (Lipinski definition) is 6. The van der Waals surface area contributed by atoms with E-state index in [4.69, 9.17) is 4.74 Å². The first kappa shape index (κ1) is 19.8. The molecule has 1 fully saturated rings. The molecule has 1 amide bonds. The largest absolute Gasteiger partial charge is 0.378 e. The number of rotatable bonds is 6. The van der Waals surface area contributed by atoms with E-state index in [0.29, 0.717) is 19.0 Å². The molecule has 7 nitrogen and oxygen atoms in total. The van der Waals surface area contributed by atoms with Gasteiger partial charge in [0, 0.05) is 24.0 Å². The van der Waals surface area contributed by atoms with Crippen molar-refractivity contribution in [3.63, 3.8) is 0 Å². The number of nitrogens with zero attached hydrogens (tertiary/aromatic N) is 2. The lowest BCUT2D eigenvalue weighted by molar-refractivity contribution is -0.115. The van der Waals surface area contributed by atoms with Crippen LogP contribution in [0.1, 0.15) is 6.42 Å². The highest BCUT2D eigenvalue weighted by molar-refractivity contribution is 9.10. The summed E-state index contributed by atoms with van der Waals surface area (Å²) in [6, 6.07) is 9.95. The predicted octanol–water partition coefficient (Wildman–Crippen LogP) is 2.48. The predicted molar refractivity (Wildman–Crippen MR) is 107 cm³/mol. The van der Waals surface area contributed by atoms with Crippen LogP contribution in [-0.4, -0.2) is 51.4 Å². The number of carbonyl (C=O) groups excluding carboxylic acids is 1. The lowest BCUT2D eigenvalue weighted by atomic mass is 10.3. The van der Waals surface area contributed by atoms with Crippen LogP contribution in [0.2, 0.25) is 0 Å². The summed E-state index contributed by atoms with van der Waals surface area (Å²) in [4.78, 5) is 18.7. The molecule has 1 aromatic carbocycles. The molecule has 1 aliphatic rings. The van der Waals surface area contributed by atoms with Crippen LogP contribution in [0.5, 0.6) is 0 Å². The van der Waals surface area contributed by atoms with Gasteiger partial charge in [0.2, 0.25) is 5.91 Å². The second-order valence-electron chi connectivity index (χ2n) is 6.07. The molecule has 1 saturated heterocycles. The minimum atomic E-state index is -3.51. The zero-order valence-corrected chi connectivity index (χ0v) is 17.0. The Morgan fingerprint density at radius 3 is 2.48 bits per heavy atom. The number of pyridine rings is 1. The van der Waals surface area contributed by atoms with Crippen LogP contribution in [0, 0.1) is 0 Å². The van der Waals surface area contributed by atoms with Crippen LogP contribution in [-0.2, 0) is 19.4 Å². The van der Waals surface area contributed by atoms with Crippen molar-refractivity contribution in [2.75, 3.05) is 42.3 Å². The molecular weight excluding hydrogens is 434 g/mol. The van der Waals surface area contributed by atoms with Crippen molar-refractivity contribution in [1.82, 2.24) is 4.98 Å². The van der Waals surface area contributed by atoms with Crippen molar-refractivity contribution < 1.29 is 17.9 Å². The van der Waals surface area contributed by atoms with Gasteiger partial charge in [-0.15, -0.1) is 0 Å². The third-order valence-corrected chi connectivity index (χ3v) is 6.42. The van der Waals surface area contributed by atoms with Crippen LogP contribution in [0.15, 0.2) is 52.0 Å². The number of anilines is 2. The maximum atomic E-state index is 12.3. The Morgan fingerprint density at radius 1 is 1.15 bits per heavy atom. The summed E-state index contributed by atoms with van der Waals surface area (Å²) in [5.41, 5.74) is 0.967. The molecule has 0 unspecified atom stereocenters. The maximum absolute atomic E-state index is 12.3. The van der Waals surface area contributed by atoms with Gasteiger partial charge >= 0.3 is 0 Å². The number of aromatic nitrogens is 1. The summed E-state index contributed by atoms with van der Waals surface area (Å²) in [5, 5.41) is 2.64. The highest BCUT2D eigenvalue weighted by Crippen LogP contribution is 2.18. The van der Waals surface area contributed by atoms with E-state index in [0.717, 1.165) is 23.2 Å². The van der Waals surface area contributed by atoms with Gasteiger partial charge in [-0.3, -0.25) is 4.79 Å². The molecule has 0 spiro atoms. The average molecular weight is 454 g/mol. The van der Waals surface area contributed by atoms with Crippen LogP contribution in [0.4, 0.5) is 11.5 Å². The Hall–Kier alpha value is -1.97. The number of sulfone groups is 1. The number of benzene rings is 1. The molecule has 0 bridgehead atoms. The minimum absolute atomic E-state index is 0.134. The SMILES string of the molecule is O=C(CCS(=O)(=O)c1ccc(Br)cc1)Nc1ccc(N2CCOCC2)cn1. The van der Waals surface area contributed by atoms with Crippen molar-refractivity contribution in [1.29, 1.82) is 0 Å². The standard InChI is InChI=1S/C18H20BrN3O4S/c19-14-1-4-16(5-2-14)27(24,25)12-7-18(23)21-17-6-3-15(13-20-17)22-8-10-26-11-9-22/h1-6,13H,7-12H2,(H,20,21,23). The Labute approximate surface area is 166 Å². The number of amides is 1. The summed E-state index contributed by atoms with van der Waals surface area (Å²) in [7, 11) is -3.51. The Morgan fingerprint density at radius 2 is 1.85 bits per heavy atom. The summed E-state index contributed by atoms with van der Waals surface area (Å²) in [6.07, 6.45) is 1.56. The van der Waals surface area contributed by atoms with Crippen molar-refractivity contribution >= 4 is 43.2 Å². The molecule has 0 radical (unpaired) electrons. The lowest BCUT2D eigenvalue weighted by Gasteiger charge is -2.28. The van der Waals surface area contributed by atoms with E-state index < -0.39 is 9.84 Å². The molecule has 3 rings (SSSR count). The number of nitrogens with one attached hydrogen (secondary N) is 1. The van der Waals surface area contributed by atoms with E-state index in [1.807, 2.05) is 6.07 Å². The van der Waals surface area contributed by atoms with E-state index in [1.54, 1.807) is 24.4 Å². The maximum Gasteiger partial charge on any atom is 0.226 e. The molecule has 1 aromatic heterocycles. The first-order chi connectivity index (χ1) is 12.9. The third kappa shape index (κ3) is 5.50. The van der Waals surface area contributed by atoms with Gasteiger partial charge in [0.1, 0.15) is 5.82 Å². The molecule has 2 heterocycles. The topological polar surface area (TPSA) is 88.6 Å². The lowest BCUT2D eigenvalue weighted by Crippen LogP contribution is -2.36. The van der Waals surface area contributed by atoms with E-state index in [9.17, 15) is 13.2 Å². The monoisotopic (exact) mass is 453 g/mol. The normalized spacial score (nSPS) is 14.8. The highest BCUT2D eigenvalue weighted by Gasteiger charge is 2.17. The van der Waals surface area contributed by atoms with Gasteiger partial charge in [0.15, 0.2) is 9.84 Å². The molecule has 0 aliphatic carbocycles. The molecule has 1 N–H and O–H groups in total. The summed E-state index contributed by atoms with van der Waals surface area (Å²) < 4.78 is 30.7. The van der Waals surface area contributed by atoms with Crippen molar-refractivity contribution in [3.05, 3.63) is 47.1 Å². The van der Waals surface area contributed by atoms with Crippen LogP contribution in [0.3, 0.4) is 0 Å². The minimum Gasteiger partial charge on any atom is -0.378 e. The summed E-state index contributed by atoms with van der Waals surface area (Å²) in [5.74, 6) is -0.243. The molecule has 0 atom stereocenters. The number of carbonyl (C=O) groups is 1. The fraction of sp³-hybridized carbons (Fsp3) is 0.333. The Kier molecular flexibility index (Phi) is 6.46. The fourth-order valence-electron chi connectivity index (χ4n) is 2.66. The summed E-state index contributed by atoms with van der Waals surface area (Å²) >= 11 is 3.27. The Balaban J connectivity index is 1.53. The van der Waals surface area contributed by atoms with Crippen molar-refractivity contribution in [2.24, 2.45) is 0 Å². The van der Waals surface area contributed by atoms with Crippen molar-refractivity contribution in [3.8, 4) is 0 Å². The zero-order valence-electron chi connectivity index (χ0n) is 14.6. The first-order valence-electron chi connectivity index (χ1n) is 8.51. The van der Waals surface area contributed by atoms with Gasteiger partial charge in [-0.05, 0) is 36.4 Å². The van der Waals surface area contributed by atoms with Gasteiger partial charge < -0.3 is 15.0 Å². The van der Waals surface area contributed by atoms with Crippen LogP contribution >= 0.6 is 15.9 Å². The van der Waals surface area contributed by atoms with Crippen LogP contribution < -0.4 is 10.2 Å². The molecular formula is C18H20BrN3O4S. The number of morpholine rings is 1. The molecule has 2 aromatic rings. The molecule has 0 saturated carbocycles.